The standard InChI is InChI=1S/C29H22F3N3O3/c1-29-17-25(36)35(26-23(31)15-21(16-24(26)32)8-7-19-5-3-2-4-6-19)28(38)34(29)14-13-33(27(29)37)18-20-9-11-22(30)12-10-20/h2-6,9-12,15-16H,13-14,17-18H2,1H3/t29-/m0/s1. The van der Waals surface area contributed by atoms with Crippen LogP contribution in [0, 0.1) is 29.3 Å². The molecule has 192 valence electrons. The normalized spacial score (nSPS) is 19.3. The highest BCUT2D eigenvalue weighted by Crippen LogP contribution is 2.37. The topological polar surface area (TPSA) is 60.9 Å². The minimum absolute atomic E-state index is 0.0407. The van der Waals surface area contributed by atoms with E-state index in [0.29, 0.717) is 16.0 Å². The third kappa shape index (κ3) is 4.50. The van der Waals surface area contributed by atoms with Gasteiger partial charge in [0.2, 0.25) is 11.8 Å². The van der Waals surface area contributed by atoms with E-state index < -0.39 is 52.9 Å². The van der Waals surface area contributed by atoms with Gasteiger partial charge in [-0.15, -0.1) is 0 Å². The fourth-order valence-corrected chi connectivity index (χ4v) is 4.80. The summed E-state index contributed by atoms with van der Waals surface area (Å²) < 4.78 is 43.5. The number of rotatable bonds is 3. The second-order valence-electron chi connectivity index (χ2n) is 9.37. The van der Waals surface area contributed by atoms with Crippen LogP contribution in [0.1, 0.15) is 30.0 Å². The Labute approximate surface area is 217 Å². The number of benzene rings is 3. The molecule has 1 atom stereocenters. The van der Waals surface area contributed by atoms with Crippen molar-refractivity contribution in [3.8, 4) is 11.8 Å². The number of halogens is 3. The van der Waals surface area contributed by atoms with Crippen molar-refractivity contribution in [3.63, 3.8) is 0 Å². The fraction of sp³-hybridized carbons (Fsp3) is 0.207. The summed E-state index contributed by atoms with van der Waals surface area (Å²) in [6.07, 6.45) is -0.452. The summed E-state index contributed by atoms with van der Waals surface area (Å²) in [6.45, 7) is 1.83. The van der Waals surface area contributed by atoms with Crippen LogP contribution >= 0.6 is 0 Å². The highest BCUT2D eigenvalue weighted by atomic mass is 19.1. The lowest BCUT2D eigenvalue weighted by Gasteiger charge is -2.51. The molecule has 0 N–H and O–H groups in total. The van der Waals surface area contributed by atoms with Gasteiger partial charge in [-0.1, -0.05) is 42.2 Å². The monoisotopic (exact) mass is 517 g/mol. The summed E-state index contributed by atoms with van der Waals surface area (Å²) in [6, 6.07) is 15.5. The largest absolute Gasteiger partial charge is 0.335 e. The van der Waals surface area contributed by atoms with E-state index in [1.54, 1.807) is 36.4 Å². The molecule has 0 radical (unpaired) electrons. The molecule has 0 bridgehead atoms. The van der Waals surface area contributed by atoms with E-state index in [0.717, 1.165) is 12.1 Å². The highest BCUT2D eigenvalue weighted by Gasteiger charge is 2.55. The van der Waals surface area contributed by atoms with Gasteiger partial charge in [0.05, 0.1) is 6.42 Å². The number of hydrogen-bond acceptors (Lipinski definition) is 3. The lowest BCUT2D eigenvalue weighted by molar-refractivity contribution is -0.152. The quantitative estimate of drug-likeness (QED) is 0.482. The number of amides is 4. The average Bonchev–Trinajstić information content (AvgIpc) is 2.88. The van der Waals surface area contributed by atoms with Crippen LogP contribution in [0.2, 0.25) is 0 Å². The number of anilines is 1. The predicted octanol–water partition coefficient (Wildman–Crippen LogP) is 4.46. The van der Waals surface area contributed by atoms with Crippen molar-refractivity contribution >= 4 is 23.5 Å². The fourth-order valence-electron chi connectivity index (χ4n) is 4.80. The van der Waals surface area contributed by atoms with Crippen molar-refractivity contribution in [1.29, 1.82) is 0 Å². The molecule has 0 spiro atoms. The van der Waals surface area contributed by atoms with Gasteiger partial charge >= 0.3 is 6.03 Å². The summed E-state index contributed by atoms with van der Waals surface area (Å²) in [5.74, 6) is 1.48. The van der Waals surface area contributed by atoms with E-state index in [-0.39, 0.29) is 25.2 Å². The number of fused-ring (bicyclic) bond motifs is 1. The lowest BCUT2D eigenvalue weighted by Crippen LogP contribution is -2.72. The van der Waals surface area contributed by atoms with Crippen LogP contribution in [0.15, 0.2) is 66.7 Å². The first-order chi connectivity index (χ1) is 18.2. The molecule has 38 heavy (non-hydrogen) atoms. The van der Waals surface area contributed by atoms with E-state index in [1.165, 1.54) is 28.9 Å². The number of urea groups is 1. The van der Waals surface area contributed by atoms with Crippen molar-refractivity contribution in [1.82, 2.24) is 9.80 Å². The predicted molar refractivity (Wildman–Crippen MR) is 133 cm³/mol. The van der Waals surface area contributed by atoms with E-state index >= 15 is 8.78 Å². The Bertz CT molecular complexity index is 1480. The van der Waals surface area contributed by atoms with E-state index in [4.69, 9.17) is 0 Å². The van der Waals surface area contributed by atoms with Crippen LogP contribution in [0.25, 0.3) is 0 Å². The first-order valence-electron chi connectivity index (χ1n) is 11.9. The van der Waals surface area contributed by atoms with Gasteiger partial charge in [-0.25, -0.2) is 22.9 Å². The van der Waals surface area contributed by atoms with Crippen LogP contribution < -0.4 is 4.90 Å². The van der Waals surface area contributed by atoms with Gasteiger partial charge in [0, 0.05) is 30.8 Å². The number of carbonyl (C=O) groups is 3. The van der Waals surface area contributed by atoms with Gasteiger partial charge in [0.1, 0.15) is 17.0 Å². The van der Waals surface area contributed by atoms with E-state index in [9.17, 15) is 18.8 Å². The molecule has 3 aromatic rings. The number of carbonyl (C=O) groups excluding carboxylic acids is 3. The Morgan fingerprint density at radius 1 is 0.842 bits per heavy atom. The molecule has 3 aromatic carbocycles. The maximum atomic E-state index is 15.1. The Morgan fingerprint density at radius 3 is 2.13 bits per heavy atom. The first kappa shape index (κ1) is 25.1. The molecule has 2 fully saturated rings. The van der Waals surface area contributed by atoms with E-state index in [2.05, 4.69) is 11.8 Å². The van der Waals surface area contributed by atoms with Gasteiger partial charge in [0.25, 0.3) is 0 Å². The smallest absolute Gasteiger partial charge is 0.332 e. The van der Waals surface area contributed by atoms with Gasteiger partial charge in [0.15, 0.2) is 11.6 Å². The zero-order valence-corrected chi connectivity index (χ0v) is 20.4. The summed E-state index contributed by atoms with van der Waals surface area (Å²) in [5, 5.41) is 0. The summed E-state index contributed by atoms with van der Waals surface area (Å²) in [7, 11) is 0. The summed E-state index contributed by atoms with van der Waals surface area (Å²) >= 11 is 0. The maximum Gasteiger partial charge on any atom is 0.332 e. The Morgan fingerprint density at radius 2 is 1.47 bits per heavy atom. The van der Waals surface area contributed by atoms with Crippen LogP contribution in [0.4, 0.5) is 23.7 Å². The molecule has 0 aromatic heterocycles. The molecule has 2 aliphatic heterocycles. The highest BCUT2D eigenvalue weighted by molar-refractivity contribution is 6.19. The maximum absolute atomic E-state index is 15.1. The first-order valence-corrected chi connectivity index (χ1v) is 11.9. The van der Waals surface area contributed by atoms with Gasteiger partial charge in [-0.2, -0.15) is 0 Å². The van der Waals surface area contributed by atoms with Gasteiger partial charge in [-0.05, 0) is 48.9 Å². The van der Waals surface area contributed by atoms with Crippen LogP contribution in [-0.2, 0) is 16.1 Å². The van der Waals surface area contributed by atoms with Gasteiger partial charge < -0.3 is 9.80 Å². The molecule has 0 saturated carbocycles. The third-order valence-electron chi connectivity index (χ3n) is 6.76. The Hall–Kier alpha value is -4.58. The second-order valence-corrected chi connectivity index (χ2v) is 9.37. The van der Waals surface area contributed by atoms with E-state index in [1.807, 2.05) is 6.07 Å². The molecule has 2 heterocycles. The van der Waals surface area contributed by atoms with Crippen molar-refractivity contribution in [3.05, 3.63) is 101 Å². The zero-order valence-electron chi connectivity index (χ0n) is 20.4. The minimum atomic E-state index is -1.52. The van der Waals surface area contributed by atoms with Gasteiger partial charge in [-0.3, -0.25) is 9.59 Å². The SMILES string of the molecule is C[C@@]12CC(=O)N(c3c(F)cc(C#Cc4ccccc4)cc3F)C(=O)N1CCN(Cc1ccc(F)cc1)C2=O. The molecular formula is C29H22F3N3O3. The molecule has 5 rings (SSSR count). The zero-order chi connectivity index (χ0) is 27.0. The van der Waals surface area contributed by atoms with Crippen molar-refractivity contribution in [2.75, 3.05) is 18.0 Å². The number of imide groups is 1. The number of nitrogens with zero attached hydrogens (tertiary/aromatic N) is 3. The number of piperazine rings is 1. The van der Waals surface area contributed by atoms with Crippen molar-refractivity contribution in [2.45, 2.75) is 25.4 Å². The molecule has 2 aliphatic rings. The van der Waals surface area contributed by atoms with Crippen LogP contribution in [0.5, 0.6) is 0 Å². The lowest BCUT2D eigenvalue weighted by atomic mass is 9.88. The minimum Gasteiger partial charge on any atom is -0.335 e. The van der Waals surface area contributed by atoms with Crippen LogP contribution in [0.3, 0.4) is 0 Å². The Kier molecular flexibility index (Phi) is 6.41. The third-order valence-corrected chi connectivity index (χ3v) is 6.76. The van der Waals surface area contributed by atoms with Crippen LogP contribution in [-0.4, -0.2) is 46.3 Å². The second kappa shape index (κ2) is 9.71. The average molecular weight is 518 g/mol. The van der Waals surface area contributed by atoms with Crippen molar-refractivity contribution in [2.24, 2.45) is 0 Å². The summed E-state index contributed by atoms with van der Waals surface area (Å²) in [4.78, 5) is 43.0. The molecule has 6 nitrogen and oxygen atoms in total. The molecule has 4 amide bonds. The molecule has 0 aliphatic carbocycles. The molecule has 0 unspecified atom stereocenters. The molecular weight excluding hydrogens is 495 g/mol. The molecule has 9 heteroatoms. The Balaban J connectivity index is 1.39. The molecule has 2 saturated heterocycles. The summed E-state index contributed by atoms with van der Waals surface area (Å²) in [5.41, 5.74) is -0.933. The number of hydrogen-bond donors (Lipinski definition) is 0. The van der Waals surface area contributed by atoms with Crippen molar-refractivity contribution < 1.29 is 27.6 Å².